The molecule has 1 unspecified atom stereocenters. The van der Waals surface area contributed by atoms with E-state index in [0.29, 0.717) is 36.0 Å². The van der Waals surface area contributed by atoms with Crippen LogP contribution < -0.4 is 0 Å². The number of aromatic nitrogens is 5. The van der Waals surface area contributed by atoms with Crippen LogP contribution in [0.1, 0.15) is 32.7 Å². The van der Waals surface area contributed by atoms with Crippen LogP contribution in [-0.2, 0) is 18.2 Å². The monoisotopic (exact) mass is 406 g/mol. The van der Waals surface area contributed by atoms with Gasteiger partial charge in [-0.3, -0.25) is 9.78 Å². The minimum atomic E-state index is -0.396. The van der Waals surface area contributed by atoms with Crippen LogP contribution in [0.5, 0.6) is 0 Å². The molecule has 30 heavy (non-hydrogen) atoms. The number of aryl methyl sites for hydroxylation is 1. The molecule has 3 heterocycles. The molecule has 0 radical (unpaired) electrons. The SMILES string of the molecule is COC(=O)c1cncc(CC2CCN(C(=O)c3ccc(-c4nnn(C)n4)cc3)C2)c1. The van der Waals surface area contributed by atoms with Crippen LogP contribution in [0, 0.1) is 5.92 Å². The average Bonchev–Trinajstić information content (AvgIpc) is 3.42. The smallest absolute Gasteiger partial charge is 0.339 e. The number of likely N-dealkylation sites (tertiary alicyclic amines) is 1. The topological polar surface area (TPSA) is 103 Å². The Morgan fingerprint density at radius 2 is 1.97 bits per heavy atom. The lowest BCUT2D eigenvalue weighted by Crippen LogP contribution is -2.28. The van der Waals surface area contributed by atoms with Gasteiger partial charge in [0, 0.05) is 36.6 Å². The Hall–Kier alpha value is -3.62. The predicted octanol–water partition coefficient (Wildman–Crippen LogP) is 1.76. The molecule has 1 saturated heterocycles. The quantitative estimate of drug-likeness (QED) is 0.595. The van der Waals surface area contributed by atoms with Gasteiger partial charge in [0.2, 0.25) is 5.82 Å². The normalized spacial score (nSPS) is 15.9. The first-order valence-corrected chi connectivity index (χ1v) is 9.69. The molecule has 1 fully saturated rings. The number of rotatable bonds is 5. The molecule has 0 bridgehead atoms. The first kappa shape index (κ1) is 19.7. The van der Waals surface area contributed by atoms with Crippen molar-refractivity contribution >= 4 is 11.9 Å². The molecule has 1 aliphatic rings. The molecule has 3 aromatic rings. The number of pyridine rings is 1. The van der Waals surface area contributed by atoms with E-state index in [-0.39, 0.29) is 5.91 Å². The Kier molecular flexibility index (Phi) is 5.51. The van der Waals surface area contributed by atoms with Gasteiger partial charge >= 0.3 is 5.97 Å². The van der Waals surface area contributed by atoms with Crippen molar-refractivity contribution in [2.45, 2.75) is 12.8 Å². The minimum absolute atomic E-state index is 0.0117. The van der Waals surface area contributed by atoms with Crippen molar-refractivity contribution in [3.63, 3.8) is 0 Å². The van der Waals surface area contributed by atoms with E-state index in [1.165, 1.54) is 18.1 Å². The zero-order chi connectivity index (χ0) is 21.1. The fourth-order valence-electron chi connectivity index (χ4n) is 3.69. The van der Waals surface area contributed by atoms with Crippen molar-refractivity contribution in [2.24, 2.45) is 13.0 Å². The summed E-state index contributed by atoms with van der Waals surface area (Å²) in [7, 11) is 3.06. The fourth-order valence-corrected chi connectivity index (χ4v) is 3.69. The van der Waals surface area contributed by atoms with E-state index in [4.69, 9.17) is 4.74 Å². The lowest BCUT2D eigenvalue weighted by Gasteiger charge is -2.17. The van der Waals surface area contributed by atoms with Gasteiger partial charge in [-0.1, -0.05) is 12.1 Å². The molecule has 1 aromatic carbocycles. The molecular weight excluding hydrogens is 384 g/mol. The maximum Gasteiger partial charge on any atom is 0.339 e. The third-order valence-electron chi connectivity index (χ3n) is 5.21. The molecule has 1 atom stereocenters. The summed E-state index contributed by atoms with van der Waals surface area (Å²) in [5.74, 6) is 0.470. The number of ether oxygens (including phenoxy) is 1. The molecule has 1 amide bonds. The number of carbonyl (C=O) groups excluding carboxylic acids is 2. The first-order valence-electron chi connectivity index (χ1n) is 9.69. The standard InChI is InChI=1S/C21H22N6O3/c1-26-24-19(23-25-26)16-3-5-17(6-4-16)20(28)27-8-7-14(13-27)9-15-10-18(12-22-11-15)21(29)30-2/h3-6,10-12,14H,7-9,13H2,1-2H3. The van der Waals surface area contributed by atoms with Crippen molar-refractivity contribution in [2.75, 3.05) is 20.2 Å². The number of tetrazole rings is 1. The summed E-state index contributed by atoms with van der Waals surface area (Å²) in [5, 5.41) is 12.0. The molecule has 9 heteroatoms. The zero-order valence-corrected chi connectivity index (χ0v) is 16.9. The van der Waals surface area contributed by atoms with E-state index in [2.05, 4.69) is 20.4 Å². The first-order chi connectivity index (χ1) is 14.5. The van der Waals surface area contributed by atoms with Gasteiger partial charge < -0.3 is 9.64 Å². The molecule has 2 aromatic heterocycles. The summed E-state index contributed by atoms with van der Waals surface area (Å²) in [6.45, 7) is 1.38. The van der Waals surface area contributed by atoms with Gasteiger partial charge in [-0.2, -0.15) is 4.80 Å². The molecule has 0 N–H and O–H groups in total. The third kappa shape index (κ3) is 4.19. The van der Waals surface area contributed by atoms with Gasteiger partial charge in [-0.05, 0) is 47.7 Å². The van der Waals surface area contributed by atoms with Gasteiger partial charge in [0.05, 0.1) is 19.7 Å². The molecule has 4 rings (SSSR count). The maximum atomic E-state index is 12.9. The Morgan fingerprint density at radius 3 is 2.67 bits per heavy atom. The van der Waals surface area contributed by atoms with Crippen LogP contribution in [0.4, 0.5) is 0 Å². The van der Waals surface area contributed by atoms with E-state index in [9.17, 15) is 9.59 Å². The number of benzene rings is 1. The molecule has 1 aliphatic heterocycles. The fraction of sp³-hybridized carbons (Fsp3) is 0.333. The van der Waals surface area contributed by atoms with Crippen LogP contribution in [0.15, 0.2) is 42.7 Å². The van der Waals surface area contributed by atoms with Crippen LogP contribution in [0.2, 0.25) is 0 Å². The van der Waals surface area contributed by atoms with Crippen LogP contribution >= 0.6 is 0 Å². The maximum absolute atomic E-state index is 12.9. The van der Waals surface area contributed by atoms with E-state index in [1.807, 2.05) is 23.1 Å². The van der Waals surface area contributed by atoms with Crippen LogP contribution in [-0.4, -0.2) is 62.2 Å². The summed E-state index contributed by atoms with van der Waals surface area (Å²) in [6, 6.07) is 9.07. The van der Waals surface area contributed by atoms with E-state index < -0.39 is 5.97 Å². The number of hydrogen-bond acceptors (Lipinski definition) is 7. The van der Waals surface area contributed by atoms with Gasteiger partial charge in [0.25, 0.3) is 5.91 Å². The van der Waals surface area contributed by atoms with Gasteiger partial charge in [-0.15, -0.1) is 10.2 Å². The van der Waals surface area contributed by atoms with E-state index in [1.54, 1.807) is 25.4 Å². The Balaban J connectivity index is 1.38. The molecular formula is C21H22N6O3. The summed E-state index contributed by atoms with van der Waals surface area (Å²) in [4.78, 5) is 32.0. The second-order valence-electron chi connectivity index (χ2n) is 7.36. The molecule has 154 valence electrons. The van der Waals surface area contributed by atoms with Gasteiger partial charge in [0.1, 0.15) is 0 Å². The predicted molar refractivity (Wildman–Crippen MR) is 108 cm³/mol. The minimum Gasteiger partial charge on any atom is -0.465 e. The highest BCUT2D eigenvalue weighted by atomic mass is 16.5. The van der Waals surface area contributed by atoms with Crippen molar-refractivity contribution in [3.05, 3.63) is 59.4 Å². The summed E-state index contributed by atoms with van der Waals surface area (Å²) >= 11 is 0. The Labute approximate surface area is 173 Å². The second kappa shape index (κ2) is 8.40. The van der Waals surface area contributed by atoms with Gasteiger partial charge in [-0.25, -0.2) is 4.79 Å². The van der Waals surface area contributed by atoms with E-state index in [0.717, 1.165) is 24.0 Å². The van der Waals surface area contributed by atoms with Crippen molar-refractivity contribution < 1.29 is 14.3 Å². The molecule has 9 nitrogen and oxygen atoms in total. The number of hydrogen-bond donors (Lipinski definition) is 0. The van der Waals surface area contributed by atoms with Crippen molar-refractivity contribution in [1.82, 2.24) is 30.1 Å². The Bertz CT molecular complexity index is 1060. The van der Waals surface area contributed by atoms with Gasteiger partial charge in [0.15, 0.2) is 0 Å². The number of methoxy groups -OCH3 is 1. The highest BCUT2D eigenvalue weighted by Gasteiger charge is 2.27. The lowest BCUT2D eigenvalue weighted by molar-refractivity contribution is 0.0600. The summed E-state index contributed by atoms with van der Waals surface area (Å²) in [5.41, 5.74) is 2.87. The summed E-state index contributed by atoms with van der Waals surface area (Å²) < 4.78 is 4.75. The van der Waals surface area contributed by atoms with Crippen molar-refractivity contribution in [1.29, 1.82) is 0 Å². The zero-order valence-electron chi connectivity index (χ0n) is 16.9. The second-order valence-corrected chi connectivity index (χ2v) is 7.36. The number of nitrogens with zero attached hydrogens (tertiary/aromatic N) is 6. The van der Waals surface area contributed by atoms with Crippen LogP contribution in [0.3, 0.4) is 0 Å². The molecule has 0 spiro atoms. The van der Waals surface area contributed by atoms with Crippen molar-refractivity contribution in [3.8, 4) is 11.4 Å². The highest BCUT2D eigenvalue weighted by molar-refractivity contribution is 5.94. The Morgan fingerprint density at radius 1 is 1.17 bits per heavy atom. The number of amides is 1. The average molecular weight is 406 g/mol. The lowest BCUT2D eigenvalue weighted by atomic mass is 9.99. The highest BCUT2D eigenvalue weighted by Crippen LogP contribution is 2.23. The number of esters is 1. The number of carbonyl (C=O) groups is 2. The largest absolute Gasteiger partial charge is 0.465 e. The summed E-state index contributed by atoms with van der Waals surface area (Å²) in [6.07, 6.45) is 4.94. The van der Waals surface area contributed by atoms with E-state index >= 15 is 0 Å². The molecule has 0 aliphatic carbocycles. The third-order valence-corrected chi connectivity index (χ3v) is 5.21. The van der Waals surface area contributed by atoms with Crippen LogP contribution in [0.25, 0.3) is 11.4 Å². The molecule has 0 saturated carbocycles.